The number of fused-ring (bicyclic) bond motifs is 1. The van der Waals surface area contributed by atoms with Crippen molar-refractivity contribution in [2.24, 2.45) is 0 Å². The van der Waals surface area contributed by atoms with E-state index in [1.165, 1.54) is 13.2 Å². The summed E-state index contributed by atoms with van der Waals surface area (Å²) in [7, 11) is 1.48. The molecule has 5 nitrogen and oxygen atoms in total. The van der Waals surface area contributed by atoms with Gasteiger partial charge in [-0.3, -0.25) is 4.79 Å². The highest BCUT2D eigenvalue weighted by Gasteiger charge is 2.28. The second-order valence-electron chi connectivity index (χ2n) is 4.91. The molecule has 0 spiro atoms. The van der Waals surface area contributed by atoms with Gasteiger partial charge in [-0.15, -0.1) is 0 Å². The van der Waals surface area contributed by atoms with Gasteiger partial charge >= 0.3 is 0 Å². The molecule has 110 valence electrons. The van der Waals surface area contributed by atoms with Crippen LogP contribution in [0.1, 0.15) is 11.3 Å². The molecule has 1 amide bonds. The number of methoxy groups -OCH3 is 1. The minimum Gasteiger partial charge on any atom is -0.375 e. The summed E-state index contributed by atoms with van der Waals surface area (Å²) in [5, 5.41) is 3.98. The Morgan fingerprint density at radius 2 is 2.29 bits per heavy atom. The number of carbonyl (C=O) groups excluding carboxylic acids is 1. The third-order valence-electron chi connectivity index (χ3n) is 3.58. The van der Waals surface area contributed by atoms with Crippen molar-refractivity contribution in [1.82, 2.24) is 10.1 Å². The first-order chi connectivity index (χ1) is 10.2. The van der Waals surface area contributed by atoms with E-state index in [0.717, 1.165) is 11.3 Å². The van der Waals surface area contributed by atoms with Crippen LogP contribution >= 0.6 is 0 Å². The van der Waals surface area contributed by atoms with Gasteiger partial charge in [0.15, 0.2) is 0 Å². The van der Waals surface area contributed by atoms with Crippen LogP contribution in [0.3, 0.4) is 0 Å². The summed E-state index contributed by atoms with van der Waals surface area (Å²) in [5.41, 5.74) is 1.64. The topological polar surface area (TPSA) is 55.6 Å². The Morgan fingerprint density at radius 1 is 1.48 bits per heavy atom. The normalized spacial score (nSPS) is 14.1. The zero-order chi connectivity index (χ0) is 14.8. The Balaban J connectivity index is 1.93. The molecule has 2 aromatic rings. The van der Waals surface area contributed by atoms with Gasteiger partial charge in [-0.2, -0.15) is 0 Å². The summed E-state index contributed by atoms with van der Waals surface area (Å²) >= 11 is 0. The fourth-order valence-electron chi connectivity index (χ4n) is 2.50. The number of rotatable bonds is 3. The van der Waals surface area contributed by atoms with E-state index in [2.05, 4.69) is 5.16 Å². The molecule has 0 bridgehead atoms. The molecular weight excluding hydrogens is 275 g/mol. The average Bonchev–Trinajstić information content (AvgIpc) is 2.91. The van der Waals surface area contributed by atoms with Crippen LogP contribution in [-0.4, -0.2) is 36.2 Å². The fourth-order valence-corrected chi connectivity index (χ4v) is 2.50. The highest BCUT2D eigenvalue weighted by molar-refractivity contribution is 5.78. The molecule has 1 aliphatic heterocycles. The summed E-state index contributed by atoms with van der Waals surface area (Å²) in [6.07, 6.45) is 0.576. The molecule has 2 heterocycles. The molecule has 0 saturated carbocycles. The second-order valence-corrected chi connectivity index (χ2v) is 4.91. The molecule has 0 fully saturated rings. The maximum atomic E-state index is 13.9. The molecule has 0 atom stereocenters. The zero-order valence-electron chi connectivity index (χ0n) is 11.6. The van der Waals surface area contributed by atoms with E-state index < -0.39 is 0 Å². The van der Waals surface area contributed by atoms with E-state index in [0.29, 0.717) is 30.8 Å². The van der Waals surface area contributed by atoms with Gasteiger partial charge in [-0.25, -0.2) is 4.39 Å². The molecule has 1 aromatic carbocycles. The Hall–Kier alpha value is -2.21. The number of nitrogens with zero attached hydrogens (tertiary/aromatic N) is 2. The first-order valence-electron chi connectivity index (χ1n) is 6.69. The molecule has 3 rings (SSSR count). The molecule has 0 aliphatic carbocycles. The van der Waals surface area contributed by atoms with Gasteiger partial charge in [-0.1, -0.05) is 17.3 Å². The van der Waals surface area contributed by atoms with Crippen molar-refractivity contribution >= 4 is 5.91 Å². The average molecular weight is 290 g/mol. The zero-order valence-corrected chi connectivity index (χ0v) is 11.6. The van der Waals surface area contributed by atoms with Crippen molar-refractivity contribution in [3.05, 3.63) is 41.4 Å². The van der Waals surface area contributed by atoms with Crippen LogP contribution < -0.4 is 0 Å². The van der Waals surface area contributed by atoms with Crippen LogP contribution in [0.25, 0.3) is 11.3 Å². The van der Waals surface area contributed by atoms with Crippen LogP contribution in [0, 0.1) is 5.82 Å². The lowest BCUT2D eigenvalue weighted by atomic mass is 10.0. The first kappa shape index (κ1) is 13.8. The number of hydrogen-bond donors (Lipinski definition) is 0. The minimum atomic E-state index is -0.353. The Labute approximate surface area is 121 Å². The summed E-state index contributed by atoms with van der Waals surface area (Å²) < 4.78 is 24.1. The first-order valence-corrected chi connectivity index (χ1v) is 6.69. The van der Waals surface area contributed by atoms with Gasteiger partial charge in [0, 0.05) is 31.2 Å². The van der Waals surface area contributed by atoms with E-state index in [4.69, 9.17) is 9.26 Å². The maximum absolute atomic E-state index is 13.9. The van der Waals surface area contributed by atoms with E-state index in [1.807, 2.05) is 0 Å². The molecule has 0 N–H and O–H groups in total. The fraction of sp³-hybridized carbons (Fsp3) is 0.333. The van der Waals surface area contributed by atoms with Crippen molar-refractivity contribution in [1.29, 1.82) is 0 Å². The smallest absolute Gasteiger partial charge is 0.248 e. The third kappa shape index (κ3) is 2.54. The van der Waals surface area contributed by atoms with Crippen LogP contribution in [-0.2, 0) is 22.5 Å². The van der Waals surface area contributed by atoms with Crippen molar-refractivity contribution in [2.45, 2.75) is 13.0 Å². The van der Waals surface area contributed by atoms with Crippen molar-refractivity contribution < 1.29 is 18.4 Å². The lowest BCUT2D eigenvalue weighted by Gasteiger charge is -2.26. The summed E-state index contributed by atoms with van der Waals surface area (Å²) in [4.78, 5) is 13.6. The predicted octanol–water partition coefficient (Wildman–Crippen LogP) is 2.01. The Bertz CT molecular complexity index is 669. The summed E-state index contributed by atoms with van der Waals surface area (Å²) in [6.45, 7) is 0.960. The number of carbonyl (C=O) groups is 1. The molecule has 1 aliphatic rings. The molecule has 0 unspecified atom stereocenters. The predicted molar refractivity (Wildman–Crippen MR) is 72.9 cm³/mol. The highest BCUT2D eigenvalue weighted by atomic mass is 19.1. The van der Waals surface area contributed by atoms with Gasteiger partial charge in [-0.05, 0) is 12.1 Å². The minimum absolute atomic E-state index is 0.0373. The van der Waals surface area contributed by atoms with E-state index in [1.54, 1.807) is 23.1 Å². The number of aromatic nitrogens is 1. The second kappa shape index (κ2) is 5.65. The summed E-state index contributed by atoms with van der Waals surface area (Å²) in [5.74, 6) is 0.271. The van der Waals surface area contributed by atoms with E-state index >= 15 is 0 Å². The Morgan fingerprint density at radius 3 is 3.05 bits per heavy atom. The standard InChI is InChI=1S/C15H15FN2O3/c1-20-9-14(19)18-7-6-13-11(8-18)15(17-21-13)10-4-2-3-5-12(10)16/h2-5H,6-9H2,1H3. The lowest BCUT2D eigenvalue weighted by molar-refractivity contribution is -0.136. The number of hydrogen-bond acceptors (Lipinski definition) is 4. The SMILES string of the molecule is COCC(=O)N1CCc2onc(-c3ccccc3F)c2C1. The van der Waals surface area contributed by atoms with Gasteiger partial charge in [0.05, 0.1) is 6.54 Å². The lowest BCUT2D eigenvalue weighted by Crippen LogP contribution is -2.37. The number of amides is 1. The van der Waals surface area contributed by atoms with Crippen LogP contribution in [0.4, 0.5) is 4.39 Å². The van der Waals surface area contributed by atoms with E-state index in [-0.39, 0.29) is 18.3 Å². The molecule has 0 saturated heterocycles. The maximum Gasteiger partial charge on any atom is 0.248 e. The van der Waals surface area contributed by atoms with Crippen LogP contribution in [0.2, 0.25) is 0 Å². The molecular formula is C15H15FN2O3. The van der Waals surface area contributed by atoms with Gasteiger partial charge in [0.1, 0.15) is 23.9 Å². The Kier molecular flexibility index (Phi) is 3.70. The number of benzene rings is 1. The molecule has 21 heavy (non-hydrogen) atoms. The quantitative estimate of drug-likeness (QED) is 0.867. The van der Waals surface area contributed by atoms with Crippen molar-refractivity contribution in [3.8, 4) is 11.3 Å². The monoisotopic (exact) mass is 290 g/mol. The molecule has 1 aromatic heterocycles. The van der Waals surface area contributed by atoms with Gasteiger partial charge in [0.2, 0.25) is 5.91 Å². The highest BCUT2D eigenvalue weighted by Crippen LogP contribution is 2.31. The van der Waals surface area contributed by atoms with Crippen LogP contribution in [0.5, 0.6) is 0 Å². The molecule has 0 radical (unpaired) electrons. The number of halogens is 1. The van der Waals surface area contributed by atoms with Gasteiger partial charge in [0.25, 0.3) is 0 Å². The largest absolute Gasteiger partial charge is 0.375 e. The third-order valence-corrected chi connectivity index (χ3v) is 3.58. The molecule has 6 heteroatoms. The number of ether oxygens (including phenoxy) is 1. The van der Waals surface area contributed by atoms with E-state index in [9.17, 15) is 9.18 Å². The van der Waals surface area contributed by atoms with Crippen LogP contribution in [0.15, 0.2) is 28.8 Å². The summed E-state index contributed by atoms with van der Waals surface area (Å²) in [6, 6.07) is 6.41. The van der Waals surface area contributed by atoms with Crippen molar-refractivity contribution in [3.63, 3.8) is 0 Å². The van der Waals surface area contributed by atoms with Crippen molar-refractivity contribution in [2.75, 3.05) is 20.3 Å². The van der Waals surface area contributed by atoms with Gasteiger partial charge < -0.3 is 14.2 Å².